The molecule has 3 heterocycles. The molecule has 1 saturated heterocycles. The summed E-state index contributed by atoms with van der Waals surface area (Å²) in [6.07, 6.45) is -3.53. The zero-order chi connectivity index (χ0) is 21.8. The number of benzene rings is 1. The van der Waals surface area contributed by atoms with Crippen LogP contribution in [0.25, 0.3) is 0 Å². The quantitative estimate of drug-likeness (QED) is 0.637. The normalized spacial score (nSPS) is 23.8. The smallest absolute Gasteiger partial charge is 0.375 e. The number of thioether (sulfide) groups is 1. The summed E-state index contributed by atoms with van der Waals surface area (Å²) in [5, 5.41) is 2.41. The molecule has 2 aliphatic heterocycles. The Hall–Kier alpha value is -2.07. The van der Waals surface area contributed by atoms with E-state index in [1.54, 1.807) is 11.6 Å². The number of hydrogen-bond acceptors (Lipinski definition) is 4. The van der Waals surface area contributed by atoms with Gasteiger partial charge in [0, 0.05) is 12.2 Å². The van der Waals surface area contributed by atoms with Crippen LogP contribution in [0, 0.1) is 5.82 Å². The number of rotatable bonds is 2. The summed E-state index contributed by atoms with van der Waals surface area (Å²) >= 11 is 1.07. The number of H-pyrrole nitrogens is 1. The van der Waals surface area contributed by atoms with Crippen LogP contribution in [0.5, 0.6) is 0 Å². The fourth-order valence-corrected chi connectivity index (χ4v) is 5.20. The zero-order valence-electron chi connectivity index (χ0n) is 16.6. The SMILES string of the molecule is CC1=Nc2c(c(=O)[nH]n2[C@@H]2CCOC(C)(C)C2)[C@@H](c2cccc(C(F)(F)F)c2F)S1. The molecule has 1 aromatic heterocycles. The number of alkyl halides is 3. The Morgan fingerprint density at radius 1 is 1.33 bits per heavy atom. The Morgan fingerprint density at radius 2 is 2.07 bits per heavy atom. The van der Waals surface area contributed by atoms with Crippen LogP contribution < -0.4 is 5.56 Å². The molecule has 0 amide bonds. The third kappa shape index (κ3) is 3.71. The molecule has 0 aliphatic carbocycles. The molecule has 0 saturated carbocycles. The highest BCUT2D eigenvalue weighted by Gasteiger charge is 2.39. The van der Waals surface area contributed by atoms with Crippen molar-refractivity contribution in [2.45, 2.75) is 56.7 Å². The van der Waals surface area contributed by atoms with Gasteiger partial charge in [-0.15, -0.1) is 0 Å². The van der Waals surface area contributed by atoms with Gasteiger partial charge in [0.15, 0.2) is 5.82 Å². The van der Waals surface area contributed by atoms with Gasteiger partial charge in [0.05, 0.1) is 33.1 Å². The lowest BCUT2D eigenvalue weighted by atomic mass is 9.94. The molecule has 2 atom stereocenters. The number of nitrogens with one attached hydrogen (secondary N) is 1. The van der Waals surface area contributed by atoms with Crippen molar-refractivity contribution >= 4 is 22.6 Å². The maximum absolute atomic E-state index is 14.9. The molecule has 1 aromatic carbocycles. The van der Waals surface area contributed by atoms with Crippen LogP contribution in [0.3, 0.4) is 0 Å². The first-order valence-electron chi connectivity index (χ1n) is 9.54. The molecule has 1 fully saturated rings. The number of halogens is 4. The Morgan fingerprint density at radius 3 is 2.73 bits per heavy atom. The minimum atomic E-state index is -4.82. The first kappa shape index (κ1) is 21.2. The van der Waals surface area contributed by atoms with Crippen LogP contribution in [0.1, 0.15) is 61.6 Å². The minimum absolute atomic E-state index is 0.0862. The third-order valence-electron chi connectivity index (χ3n) is 5.40. The number of aromatic amines is 1. The van der Waals surface area contributed by atoms with Gasteiger partial charge < -0.3 is 4.74 Å². The first-order chi connectivity index (χ1) is 14.0. The van der Waals surface area contributed by atoms with E-state index in [1.165, 1.54) is 6.07 Å². The lowest BCUT2D eigenvalue weighted by Gasteiger charge is -2.36. The topological polar surface area (TPSA) is 59.4 Å². The summed E-state index contributed by atoms with van der Waals surface area (Å²) in [4.78, 5) is 17.3. The predicted octanol–water partition coefficient (Wildman–Crippen LogP) is 5.35. The van der Waals surface area contributed by atoms with E-state index in [9.17, 15) is 22.4 Å². The molecule has 2 aliphatic rings. The number of fused-ring (bicyclic) bond motifs is 1. The fourth-order valence-electron chi connectivity index (χ4n) is 4.08. The average Bonchev–Trinajstić information content (AvgIpc) is 2.96. The van der Waals surface area contributed by atoms with Crippen molar-refractivity contribution in [2.75, 3.05) is 6.61 Å². The number of aromatic nitrogens is 2. The molecular formula is C20H21F4N3O2S. The third-order valence-corrected chi connectivity index (χ3v) is 6.56. The standard InChI is InChI=1S/C20H21F4N3O2S/c1-10-25-17-14(18(28)26-27(17)11-7-8-29-19(2,3)9-11)16(30-10)12-5-4-6-13(15(12)21)20(22,23)24/h4-6,11,16H,7-9H2,1-3H3,(H,26,28)/t11-,16-/m1/s1. The minimum Gasteiger partial charge on any atom is -0.375 e. The van der Waals surface area contributed by atoms with E-state index < -0.39 is 28.4 Å². The molecule has 2 aromatic rings. The van der Waals surface area contributed by atoms with Gasteiger partial charge in [-0.1, -0.05) is 23.9 Å². The van der Waals surface area contributed by atoms with Gasteiger partial charge >= 0.3 is 6.18 Å². The first-order valence-corrected chi connectivity index (χ1v) is 10.4. The van der Waals surface area contributed by atoms with Gasteiger partial charge in [-0.2, -0.15) is 13.2 Å². The van der Waals surface area contributed by atoms with Gasteiger partial charge in [-0.3, -0.25) is 14.6 Å². The molecule has 4 rings (SSSR count). The number of nitrogens with zero attached hydrogens (tertiary/aromatic N) is 2. The molecule has 162 valence electrons. The molecule has 0 bridgehead atoms. The number of ether oxygens (including phenoxy) is 1. The maximum Gasteiger partial charge on any atom is 0.419 e. The molecule has 0 radical (unpaired) electrons. The molecule has 0 unspecified atom stereocenters. The van der Waals surface area contributed by atoms with Crippen LogP contribution in [0.4, 0.5) is 23.4 Å². The molecular weight excluding hydrogens is 422 g/mol. The summed E-state index contributed by atoms with van der Waals surface area (Å²) < 4.78 is 61.9. The summed E-state index contributed by atoms with van der Waals surface area (Å²) in [5.74, 6) is -1.01. The van der Waals surface area contributed by atoms with E-state index >= 15 is 0 Å². The van der Waals surface area contributed by atoms with E-state index in [4.69, 9.17) is 4.74 Å². The van der Waals surface area contributed by atoms with Gasteiger partial charge in [0.1, 0.15) is 5.82 Å². The zero-order valence-corrected chi connectivity index (χ0v) is 17.5. The van der Waals surface area contributed by atoms with Crippen molar-refractivity contribution in [3.8, 4) is 0 Å². The van der Waals surface area contributed by atoms with Crippen LogP contribution in [0.15, 0.2) is 28.0 Å². The number of hydrogen-bond donors (Lipinski definition) is 1. The Balaban J connectivity index is 1.83. The highest BCUT2D eigenvalue weighted by atomic mass is 32.2. The summed E-state index contributed by atoms with van der Waals surface area (Å²) in [6.45, 7) is 6.12. The summed E-state index contributed by atoms with van der Waals surface area (Å²) in [5.41, 5.74) is -2.20. The van der Waals surface area contributed by atoms with Crippen LogP contribution in [-0.4, -0.2) is 27.0 Å². The summed E-state index contributed by atoms with van der Waals surface area (Å²) in [6, 6.07) is 3.07. The molecule has 0 spiro atoms. The molecule has 1 N–H and O–H groups in total. The van der Waals surface area contributed by atoms with E-state index in [0.717, 1.165) is 17.8 Å². The van der Waals surface area contributed by atoms with E-state index in [2.05, 4.69) is 10.1 Å². The predicted molar refractivity (Wildman–Crippen MR) is 107 cm³/mol. The maximum atomic E-state index is 14.9. The molecule has 5 nitrogen and oxygen atoms in total. The highest BCUT2D eigenvalue weighted by Crippen LogP contribution is 2.47. The van der Waals surface area contributed by atoms with E-state index in [0.29, 0.717) is 36.4 Å². The van der Waals surface area contributed by atoms with Crippen molar-refractivity contribution in [3.63, 3.8) is 0 Å². The fraction of sp³-hybridized carbons (Fsp3) is 0.500. The molecule has 10 heteroatoms. The largest absolute Gasteiger partial charge is 0.419 e. The van der Waals surface area contributed by atoms with Gasteiger partial charge in [-0.05, 0) is 39.7 Å². The van der Waals surface area contributed by atoms with Crippen molar-refractivity contribution in [3.05, 3.63) is 51.1 Å². The second kappa shape index (κ2) is 7.26. The lowest BCUT2D eigenvalue weighted by molar-refractivity contribution is -0.140. The van der Waals surface area contributed by atoms with Crippen molar-refractivity contribution in [1.82, 2.24) is 9.78 Å². The van der Waals surface area contributed by atoms with Crippen molar-refractivity contribution in [1.29, 1.82) is 0 Å². The van der Waals surface area contributed by atoms with E-state index in [1.807, 2.05) is 13.8 Å². The monoisotopic (exact) mass is 443 g/mol. The van der Waals surface area contributed by atoms with Gasteiger partial charge in [-0.25, -0.2) is 9.38 Å². The van der Waals surface area contributed by atoms with Crippen molar-refractivity contribution < 1.29 is 22.3 Å². The molecule has 30 heavy (non-hydrogen) atoms. The van der Waals surface area contributed by atoms with Gasteiger partial charge in [0.25, 0.3) is 5.56 Å². The lowest BCUT2D eigenvalue weighted by Crippen LogP contribution is -2.35. The van der Waals surface area contributed by atoms with E-state index in [-0.39, 0.29) is 22.8 Å². The second-order valence-corrected chi connectivity index (χ2v) is 9.44. The highest BCUT2D eigenvalue weighted by molar-refractivity contribution is 8.14. The Bertz CT molecular complexity index is 1070. The summed E-state index contributed by atoms with van der Waals surface area (Å²) in [7, 11) is 0. The Labute approximate surface area is 174 Å². The van der Waals surface area contributed by atoms with Crippen LogP contribution >= 0.6 is 11.8 Å². The second-order valence-electron chi connectivity index (χ2n) is 8.14. The van der Waals surface area contributed by atoms with Crippen molar-refractivity contribution in [2.24, 2.45) is 4.99 Å². The Kier molecular flexibility index (Phi) is 5.13. The number of aliphatic imine (C=N–C) groups is 1. The van der Waals surface area contributed by atoms with Gasteiger partial charge in [0.2, 0.25) is 0 Å². The average molecular weight is 443 g/mol. The van der Waals surface area contributed by atoms with Crippen LogP contribution in [-0.2, 0) is 10.9 Å². The van der Waals surface area contributed by atoms with Crippen LogP contribution in [0.2, 0.25) is 0 Å².